The van der Waals surface area contributed by atoms with Gasteiger partial charge in [0, 0.05) is 0 Å². The van der Waals surface area contributed by atoms with E-state index in [2.05, 4.69) is 11.1 Å². The molecule has 0 aliphatic heterocycles. The SMILES string of the molecule is C=C/C=C(F)\C(=C/C)OP(=O)(O)O. The topological polar surface area (TPSA) is 66.8 Å². The maximum absolute atomic E-state index is 12.9. The third-order valence-corrected chi connectivity index (χ3v) is 1.41. The summed E-state index contributed by atoms with van der Waals surface area (Å²) >= 11 is 0. The standard InChI is InChI=1S/C7H10FO4P/c1-3-5-6(8)7(4-2)12-13(9,10)11/h3-5H,1H2,2H3,(H2,9,10,11)/b6-5+,7-4+. The van der Waals surface area contributed by atoms with E-state index in [4.69, 9.17) is 9.79 Å². The van der Waals surface area contributed by atoms with Gasteiger partial charge >= 0.3 is 7.82 Å². The smallest absolute Gasteiger partial charge is 0.401 e. The average molecular weight is 208 g/mol. The van der Waals surface area contributed by atoms with E-state index in [-0.39, 0.29) is 0 Å². The van der Waals surface area contributed by atoms with Crippen LogP contribution in [-0.4, -0.2) is 9.79 Å². The maximum Gasteiger partial charge on any atom is 0.524 e. The first-order chi connectivity index (χ1) is 5.90. The fourth-order valence-electron chi connectivity index (χ4n) is 0.548. The summed E-state index contributed by atoms with van der Waals surface area (Å²) in [6.07, 6.45) is 3.18. The summed E-state index contributed by atoms with van der Waals surface area (Å²) in [5, 5.41) is 0. The minimum Gasteiger partial charge on any atom is -0.401 e. The molecule has 0 rings (SSSR count). The van der Waals surface area contributed by atoms with E-state index in [1.807, 2.05) is 0 Å². The van der Waals surface area contributed by atoms with Gasteiger partial charge in [-0.05, 0) is 19.1 Å². The number of halogens is 1. The van der Waals surface area contributed by atoms with Gasteiger partial charge in [0.25, 0.3) is 0 Å². The Labute approximate surface area is 75.3 Å². The molecule has 6 heteroatoms. The number of rotatable bonds is 4. The Hall–Kier alpha value is -0.900. The molecule has 4 nitrogen and oxygen atoms in total. The van der Waals surface area contributed by atoms with Crippen LogP contribution in [0.2, 0.25) is 0 Å². The Balaban J connectivity index is 4.66. The number of phosphoric acid groups is 1. The zero-order valence-electron chi connectivity index (χ0n) is 6.98. The van der Waals surface area contributed by atoms with Crippen LogP contribution in [0.25, 0.3) is 0 Å². The molecule has 0 aliphatic rings. The van der Waals surface area contributed by atoms with Crippen LogP contribution < -0.4 is 0 Å². The Morgan fingerprint density at radius 3 is 2.46 bits per heavy atom. The Bertz CT molecular complexity index is 289. The third-order valence-electron chi connectivity index (χ3n) is 0.979. The minimum atomic E-state index is -4.70. The van der Waals surface area contributed by atoms with Gasteiger partial charge in [0.05, 0.1) is 0 Å². The number of hydrogen-bond acceptors (Lipinski definition) is 2. The molecule has 74 valence electrons. The van der Waals surface area contributed by atoms with Gasteiger partial charge in [-0.15, -0.1) is 0 Å². The summed E-state index contributed by atoms with van der Waals surface area (Å²) in [4.78, 5) is 16.7. The lowest BCUT2D eigenvalue weighted by molar-refractivity contribution is 0.239. The summed E-state index contributed by atoms with van der Waals surface area (Å²) in [7, 11) is -4.70. The minimum absolute atomic E-state index is 0.506. The molecular formula is C7H10FO4P. The molecule has 13 heavy (non-hydrogen) atoms. The monoisotopic (exact) mass is 208 g/mol. The first kappa shape index (κ1) is 12.1. The highest BCUT2D eigenvalue weighted by Crippen LogP contribution is 2.40. The van der Waals surface area contributed by atoms with Crippen LogP contribution in [0, 0.1) is 0 Å². The molecule has 0 fully saturated rings. The van der Waals surface area contributed by atoms with Crippen molar-refractivity contribution in [3.05, 3.63) is 36.4 Å². The van der Waals surface area contributed by atoms with Gasteiger partial charge in [-0.2, -0.15) is 0 Å². The average Bonchev–Trinajstić information content (AvgIpc) is 1.99. The van der Waals surface area contributed by atoms with Crippen molar-refractivity contribution in [3.8, 4) is 0 Å². The van der Waals surface area contributed by atoms with Gasteiger partial charge in [0.15, 0.2) is 11.6 Å². The predicted molar refractivity (Wildman–Crippen MR) is 46.3 cm³/mol. The van der Waals surface area contributed by atoms with E-state index in [0.29, 0.717) is 0 Å². The van der Waals surface area contributed by atoms with Crippen molar-refractivity contribution < 1.29 is 23.3 Å². The number of allylic oxidation sites excluding steroid dienone is 4. The number of phosphoric ester groups is 1. The lowest BCUT2D eigenvalue weighted by Gasteiger charge is -2.07. The van der Waals surface area contributed by atoms with Gasteiger partial charge < -0.3 is 4.52 Å². The second-order valence-electron chi connectivity index (χ2n) is 1.99. The van der Waals surface area contributed by atoms with Crippen LogP contribution in [0.4, 0.5) is 4.39 Å². The highest BCUT2D eigenvalue weighted by atomic mass is 31.2. The van der Waals surface area contributed by atoms with Crippen molar-refractivity contribution in [3.63, 3.8) is 0 Å². The quantitative estimate of drug-likeness (QED) is 0.421. The highest BCUT2D eigenvalue weighted by molar-refractivity contribution is 7.46. The fraction of sp³-hybridized carbons (Fsp3) is 0.143. The molecule has 0 aliphatic carbocycles. The summed E-state index contributed by atoms with van der Waals surface area (Å²) in [5.41, 5.74) is 0. The van der Waals surface area contributed by atoms with Crippen LogP contribution >= 0.6 is 7.82 Å². The zero-order valence-corrected chi connectivity index (χ0v) is 7.87. The molecule has 0 bridgehead atoms. The molecule has 0 spiro atoms. The van der Waals surface area contributed by atoms with E-state index >= 15 is 0 Å². The van der Waals surface area contributed by atoms with Crippen LogP contribution in [0.15, 0.2) is 36.4 Å². The molecule has 0 unspecified atom stereocenters. The molecule has 0 saturated carbocycles. The summed E-state index contributed by atoms with van der Waals surface area (Å²) in [5.74, 6) is -1.39. The fourth-order valence-corrected chi connectivity index (χ4v) is 0.997. The first-order valence-corrected chi connectivity index (χ1v) is 4.83. The summed E-state index contributed by atoms with van der Waals surface area (Å²) < 4.78 is 27.2. The molecule has 0 aromatic carbocycles. The molecule has 0 radical (unpaired) electrons. The van der Waals surface area contributed by atoms with Gasteiger partial charge in [0.2, 0.25) is 0 Å². The van der Waals surface area contributed by atoms with E-state index < -0.39 is 19.4 Å². The second kappa shape index (κ2) is 4.97. The predicted octanol–water partition coefficient (Wildman–Crippen LogP) is 2.04. The van der Waals surface area contributed by atoms with Gasteiger partial charge in [0.1, 0.15) is 0 Å². The van der Waals surface area contributed by atoms with E-state index in [0.717, 1.165) is 18.2 Å². The van der Waals surface area contributed by atoms with E-state index in [1.54, 1.807) is 0 Å². The molecule has 0 aromatic heterocycles. The van der Waals surface area contributed by atoms with Crippen LogP contribution in [0.3, 0.4) is 0 Å². The molecule has 0 aromatic rings. The van der Waals surface area contributed by atoms with Crippen molar-refractivity contribution in [2.45, 2.75) is 6.92 Å². The van der Waals surface area contributed by atoms with E-state index in [9.17, 15) is 8.96 Å². The lowest BCUT2D eigenvalue weighted by atomic mass is 10.4. The van der Waals surface area contributed by atoms with E-state index in [1.165, 1.54) is 6.92 Å². The largest absolute Gasteiger partial charge is 0.524 e. The third kappa shape index (κ3) is 5.36. The highest BCUT2D eigenvalue weighted by Gasteiger charge is 2.19. The van der Waals surface area contributed by atoms with Crippen molar-refractivity contribution >= 4 is 7.82 Å². The Kier molecular flexibility index (Phi) is 4.62. The van der Waals surface area contributed by atoms with Gasteiger partial charge in [-0.25, -0.2) is 8.96 Å². The van der Waals surface area contributed by atoms with Crippen molar-refractivity contribution in [2.24, 2.45) is 0 Å². The number of hydrogen-bond donors (Lipinski definition) is 2. The maximum atomic E-state index is 12.9. The molecule has 0 heterocycles. The second-order valence-corrected chi connectivity index (χ2v) is 3.15. The molecule has 2 N–H and O–H groups in total. The van der Waals surface area contributed by atoms with Crippen molar-refractivity contribution in [1.82, 2.24) is 0 Å². The van der Waals surface area contributed by atoms with Crippen molar-refractivity contribution in [1.29, 1.82) is 0 Å². The lowest BCUT2D eigenvalue weighted by Crippen LogP contribution is -1.90. The van der Waals surface area contributed by atoms with Crippen LogP contribution in [0.1, 0.15) is 6.92 Å². The van der Waals surface area contributed by atoms with Crippen LogP contribution in [-0.2, 0) is 9.09 Å². The van der Waals surface area contributed by atoms with Crippen molar-refractivity contribution in [2.75, 3.05) is 0 Å². The Morgan fingerprint density at radius 1 is 1.62 bits per heavy atom. The molecule has 0 saturated heterocycles. The van der Waals surface area contributed by atoms with Gasteiger partial charge in [-0.1, -0.05) is 12.7 Å². The molecule has 0 amide bonds. The molecular weight excluding hydrogens is 198 g/mol. The normalized spacial score (nSPS) is 14.2. The van der Waals surface area contributed by atoms with Gasteiger partial charge in [-0.3, -0.25) is 9.79 Å². The zero-order chi connectivity index (χ0) is 10.5. The Morgan fingerprint density at radius 2 is 2.15 bits per heavy atom. The summed E-state index contributed by atoms with van der Waals surface area (Å²) in [6.45, 7) is 4.61. The first-order valence-electron chi connectivity index (χ1n) is 3.30. The summed E-state index contributed by atoms with van der Waals surface area (Å²) in [6, 6.07) is 0. The molecule has 0 atom stereocenters. The van der Waals surface area contributed by atoms with Crippen LogP contribution in [0.5, 0.6) is 0 Å².